The van der Waals surface area contributed by atoms with Crippen molar-refractivity contribution in [3.63, 3.8) is 0 Å². The van der Waals surface area contributed by atoms with Crippen LogP contribution in [0.5, 0.6) is 5.75 Å². The van der Waals surface area contributed by atoms with Crippen molar-refractivity contribution in [2.45, 2.75) is 50.2 Å². The molecular weight excluding hydrogens is 400 g/mol. The first-order valence-corrected chi connectivity index (χ1v) is 10.9. The number of fused-ring (bicyclic) bond motifs is 2. The second-order valence-electron chi connectivity index (χ2n) is 7.44. The number of benzene rings is 1. The molecule has 3 unspecified atom stereocenters. The molecule has 1 aliphatic carbocycles. The van der Waals surface area contributed by atoms with Gasteiger partial charge in [-0.25, -0.2) is 4.99 Å². The van der Waals surface area contributed by atoms with Crippen molar-refractivity contribution in [1.29, 1.82) is 0 Å². The zero-order valence-corrected chi connectivity index (χ0v) is 17.2. The summed E-state index contributed by atoms with van der Waals surface area (Å²) in [5.41, 5.74) is -0.212. The molecular formula is C19H23BrN2O2S. The minimum absolute atomic E-state index is 0.0684. The number of carbonyl (C=O) groups excluding carboxylic acids is 1. The number of ether oxygens (including phenoxy) is 1. The van der Waals surface area contributed by atoms with Crippen LogP contribution in [-0.2, 0) is 10.3 Å². The Kier molecular flexibility index (Phi) is 4.19. The number of rotatable bonds is 1. The highest BCUT2D eigenvalue weighted by molar-refractivity contribution is 9.10. The van der Waals surface area contributed by atoms with Gasteiger partial charge in [0.15, 0.2) is 10.7 Å². The van der Waals surface area contributed by atoms with Gasteiger partial charge in [0, 0.05) is 23.5 Å². The highest BCUT2D eigenvalue weighted by Gasteiger charge is 2.59. The average Bonchev–Trinajstić information content (AvgIpc) is 3.10. The molecule has 134 valence electrons. The third-order valence-corrected chi connectivity index (χ3v) is 7.18. The molecule has 1 aromatic rings. The number of hydrogen-bond donors (Lipinski definition) is 0. The van der Waals surface area contributed by atoms with Crippen LogP contribution in [0, 0.1) is 5.92 Å². The lowest BCUT2D eigenvalue weighted by Gasteiger charge is -2.43. The molecule has 3 aliphatic rings. The molecule has 6 heteroatoms. The molecule has 2 spiro atoms. The summed E-state index contributed by atoms with van der Waals surface area (Å²) in [6.07, 6.45) is 6.97. The standard InChI is InChI=1S/C19H23BrN2O2S/c1-4-12-7-8-18(10-12)11-19(16(23)22(2)17(21-19)25-3)14-9-13(20)5-6-15(14)24-18/h5-6,9,12H,4,7-8,10-11H2,1-3H3. The average molecular weight is 423 g/mol. The molecule has 4 rings (SSSR count). The first-order chi connectivity index (χ1) is 11.9. The van der Waals surface area contributed by atoms with Crippen molar-refractivity contribution in [2.24, 2.45) is 10.9 Å². The molecule has 0 saturated heterocycles. The molecule has 2 heterocycles. The number of thioether (sulfide) groups is 1. The summed E-state index contributed by atoms with van der Waals surface area (Å²) in [4.78, 5) is 20.0. The van der Waals surface area contributed by atoms with E-state index in [2.05, 4.69) is 22.9 Å². The van der Waals surface area contributed by atoms with E-state index < -0.39 is 5.54 Å². The SMILES string of the molecule is CCC1CCC2(C1)CC1(N=C(SC)N(C)C1=O)c1cc(Br)ccc1O2. The fourth-order valence-electron chi connectivity index (χ4n) is 4.67. The maximum Gasteiger partial charge on any atom is 0.261 e. The third-order valence-electron chi connectivity index (χ3n) is 5.95. The predicted octanol–water partition coefficient (Wildman–Crippen LogP) is 4.57. The molecule has 4 nitrogen and oxygen atoms in total. The predicted molar refractivity (Wildman–Crippen MR) is 105 cm³/mol. The lowest BCUT2D eigenvalue weighted by molar-refractivity contribution is -0.134. The number of hydrogen-bond acceptors (Lipinski definition) is 4. The van der Waals surface area contributed by atoms with Crippen LogP contribution >= 0.6 is 27.7 Å². The van der Waals surface area contributed by atoms with E-state index in [1.54, 1.807) is 4.90 Å². The van der Waals surface area contributed by atoms with Gasteiger partial charge < -0.3 is 4.74 Å². The molecule has 0 radical (unpaired) electrons. The van der Waals surface area contributed by atoms with Gasteiger partial charge in [0.1, 0.15) is 11.4 Å². The van der Waals surface area contributed by atoms with Gasteiger partial charge in [0.2, 0.25) is 0 Å². The van der Waals surface area contributed by atoms with Crippen LogP contribution in [0.15, 0.2) is 27.7 Å². The topological polar surface area (TPSA) is 41.9 Å². The summed E-state index contributed by atoms with van der Waals surface area (Å²) in [6, 6.07) is 5.98. The second-order valence-corrected chi connectivity index (χ2v) is 9.13. The van der Waals surface area contributed by atoms with E-state index in [0.717, 1.165) is 33.8 Å². The van der Waals surface area contributed by atoms with Gasteiger partial charge in [-0.05, 0) is 49.6 Å². The number of amidine groups is 1. The first-order valence-electron chi connectivity index (χ1n) is 8.84. The summed E-state index contributed by atoms with van der Waals surface area (Å²) in [7, 11) is 1.83. The van der Waals surface area contributed by atoms with E-state index in [0.29, 0.717) is 12.3 Å². The number of amides is 1. The van der Waals surface area contributed by atoms with Gasteiger partial charge >= 0.3 is 0 Å². The third kappa shape index (κ3) is 2.55. The monoisotopic (exact) mass is 422 g/mol. The molecule has 25 heavy (non-hydrogen) atoms. The second kappa shape index (κ2) is 6.02. The van der Waals surface area contributed by atoms with Crippen molar-refractivity contribution in [1.82, 2.24) is 4.90 Å². The molecule has 0 bridgehead atoms. The molecule has 1 fully saturated rings. The van der Waals surface area contributed by atoms with E-state index in [1.807, 2.05) is 31.5 Å². The van der Waals surface area contributed by atoms with Crippen molar-refractivity contribution in [2.75, 3.05) is 13.3 Å². The lowest BCUT2D eigenvalue weighted by Crippen LogP contribution is -2.50. The first kappa shape index (κ1) is 17.4. The Hall–Kier alpha value is -1.01. The Morgan fingerprint density at radius 3 is 2.92 bits per heavy atom. The van der Waals surface area contributed by atoms with Crippen LogP contribution in [0.2, 0.25) is 0 Å². The minimum atomic E-state index is -0.840. The Morgan fingerprint density at radius 1 is 1.48 bits per heavy atom. The van der Waals surface area contributed by atoms with E-state index in [9.17, 15) is 4.79 Å². The summed E-state index contributed by atoms with van der Waals surface area (Å²) in [5.74, 6) is 1.56. The van der Waals surface area contributed by atoms with Gasteiger partial charge in [0.05, 0.1) is 0 Å². The maximum atomic E-state index is 13.3. The molecule has 3 atom stereocenters. The maximum absolute atomic E-state index is 13.3. The van der Waals surface area contributed by atoms with Crippen LogP contribution < -0.4 is 4.74 Å². The van der Waals surface area contributed by atoms with E-state index in [1.165, 1.54) is 24.6 Å². The van der Waals surface area contributed by atoms with Crippen LogP contribution in [0.25, 0.3) is 0 Å². The Bertz CT molecular complexity index is 768. The van der Waals surface area contributed by atoms with Crippen molar-refractivity contribution < 1.29 is 9.53 Å². The van der Waals surface area contributed by atoms with Gasteiger partial charge in [-0.1, -0.05) is 41.0 Å². The fraction of sp³-hybridized carbons (Fsp3) is 0.579. The summed E-state index contributed by atoms with van der Waals surface area (Å²) in [5, 5.41) is 0.790. The number of carbonyl (C=O) groups is 1. The Labute approximate surface area is 161 Å². The van der Waals surface area contributed by atoms with Crippen LogP contribution in [0.1, 0.15) is 44.6 Å². The van der Waals surface area contributed by atoms with Crippen molar-refractivity contribution >= 4 is 38.8 Å². The van der Waals surface area contributed by atoms with Gasteiger partial charge in [0.25, 0.3) is 5.91 Å². The molecule has 0 N–H and O–H groups in total. The van der Waals surface area contributed by atoms with E-state index in [4.69, 9.17) is 9.73 Å². The quantitative estimate of drug-likeness (QED) is 0.665. The molecule has 0 aromatic heterocycles. The molecule has 1 aromatic carbocycles. The lowest BCUT2D eigenvalue weighted by atomic mass is 9.75. The van der Waals surface area contributed by atoms with E-state index >= 15 is 0 Å². The highest BCUT2D eigenvalue weighted by Crippen LogP contribution is 2.55. The zero-order valence-electron chi connectivity index (χ0n) is 14.8. The minimum Gasteiger partial charge on any atom is -0.487 e. The van der Waals surface area contributed by atoms with Crippen LogP contribution in [0.3, 0.4) is 0 Å². The van der Waals surface area contributed by atoms with Gasteiger partial charge in [-0.3, -0.25) is 9.69 Å². The van der Waals surface area contributed by atoms with Gasteiger partial charge in [-0.2, -0.15) is 0 Å². The highest BCUT2D eigenvalue weighted by atomic mass is 79.9. The smallest absolute Gasteiger partial charge is 0.261 e. The normalized spacial score (nSPS) is 33.8. The van der Waals surface area contributed by atoms with Crippen LogP contribution in [0.4, 0.5) is 0 Å². The zero-order chi connectivity index (χ0) is 17.8. The Balaban J connectivity index is 1.87. The summed E-state index contributed by atoms with van der Waals surface area (Å²) in [6.45, 7) is 2.24. The van der Waals surface area contributed by atoms with Crippen molar-refractivity contribution in [3.05, 3.63) is 28.2 Å². The summed E-state index contributed by atoms with van der Waals surface area (Å²) >= 11 is 5.08. The number of nitrogens with zero attached hydrogens (tertiary/aromatic N) is 2. The molecule has 1 amide bonds. The summed E-state index contributed by atoms with van der Waals surface area (Å²) < 4.78 is 7.49. The van der Waals surface area contributed by atoms with Crippen molar-refractivity contribution in [3.8, 4) is 5.75 Å². The molecule has 1 saturated carbocycles. The number of aliphatic imine (C=N–C) groups is 1. The van der Waals surface area contributed by atoms with Gasteiger partial charge in [-0.15, -0.1) is 0 Å². The Morgan fingerprint density at radius 2 is 2.28 bits per heavy atom. The van der Waals surface area contributed by atoms with E-state index in [-0.39, 0.29) is 11.5 Å². The molecule has 2 aliphatic heterocycles. The number of likely N-dealkylation sites (N-methyl/N-ethyl adjacent to an activating group) is 1. The fourth-order valence-corrected chi connectivity index (χ4v) is 5.63. The number of halogens is 1. The largest absolute Gasteiger partial charge is 0.487 e. The van der Waals surface area contributed by atoms with Crippen LogP contribution in [-0.4, -0.2) is 34.9 Å².